The fraction of sp³-hybridized carbons (Fsp3) is 0.458. The number of aromatic nitrogens is 4. The Labute approximate surface area is 208 Å². The zero-order valence-corrected chi connectivity index (χ0v) is 20.7. The average molecular weight is 496 g/mol. The van der Waals surface area contributed by atoms with Crippen molar-refractivity contribution in [3.05, 3.63) is 46.2 Å². The van der Waals surface area contributed by atoms with Crippen molar-refractivity contribution >= 4 is 40.0 Å². The minimum absolute atomic E-state index is 0.265. The lowest BCUT2D eigenvalue weighted by Crippen LogP contribution is -2.37. The Morgan fingerprint density at radius 2 is 2.00 bits per heavy atom. The molecule has 3 aromatic heterocycles. The van der Waals surface area contributed by atoms with Crippen molar-refractivity contribution in [2.75, 3.05) is 41.4 Å². The van der Waals surface area contributed by atoms with E-state index >= 15 is 0 Å². The highest BCUT2D eigenvalue weighted by molar-refractivity contribution is 7.17. The molecule has 0 atom stereocenters. The maximum absolute atomic E-state index is 12.2. The van der Waals surface area contributed by atoms with Crippen LogP contribution in [0.15, 0.2) is 24.4 Å². The quantitative estimate of drug-likeness (QED) is 0.474. The van der Waals surface area contributed by atoms with E-state index in [1.807, 2.05) is 18.2 Å². The van der Waals surface area contributed by atoms with Gasteiger partial charge in [-0.3, -0.25) is 10.3 Å². The lowest BCUT2D eigenvalue weighted by molar-refractivity contribution is 0.0531. The van der Waals surface area contributed by atoms with Gasteiger partial charge < -0.3 is 19.6 Å². The first-order valence-corrected chi connectivity index (χ1v) is 12.7. The van der Waals surface area contributed by atoms with Crippen LogP contribution in [0.2, 0.25) is 0 Å². The van der Waals surface area contributed by atoms with Crippen LogP contribution in [0.3, 0.4) is 0 Å². The number of pyridine rings is 1. The van der Waals surface area contributed by atoms with Crippen LogP contribution in [0.5, 0.6) is 0 Å². The highest BCUT2D eigenvalue weighted by Crippen LogP contribution is 2.37. The van der Waals surface area contributed by atoms with Gasteiger partial charge in [0.25, 0.3) is 0 Å². The molecule has 1 saturated heterocycles. The minimum atomic E-state index is -0.375. The second-order valence-corrected chi connectivity index (χ2v) is 9.66. The van der Waals surface area contributed by atoms with Crippen molar-refractivity contribution in [2.45, 2.75) is 45.8 Å². The van der Waals surface area contributed by atoms with Crippen molar-refractivity contribution in [1.29, 1.82) is 0 Å². The SMILES string of the molecule is CCOC(=O)c1sc(Nc2nc(N3CCC(O)CC3)c3c(n2)N(Cc2ccccn2)CC3)nc1C. The van der Waals surface area contributed by atoms with E-state index in [9.17, 15) is 9.90 Å². The molecule has 0 spiro atoms. The van der Waals surface area contributed by atoms with Crippen LogP contribution in [-0.4, -0.2) is 63.4 Å². The molecule has 0 unspecified atom stereocenters. The summed E-state index contributed by atoms with van der Waals surface area (Å²) in [7, 11) is 0. The summed E-state index contributed by atoms with van der Waals surface area (Å²) in [5.41, 5.74) is 2.70. The monoisotopic (exact) mass is 495 g/mol. The number of carbonyl (C=O) groups excluding carboxylic acids is 1. The summed E-state index contributed by atoms with van der Waals surface area (Å²) in [4.78, 5) is 35.9. The summed E-state index contributed by atoms with van der Waals surface area (Å²) in [6.45, 7) is 6.86. The molecule has 1 fully saturated rings. The first-order valence-electron chi connectivity index (χ1n) is 11.9. The molecular weight excluding hydrogens is 466 g/mol. The molecule has 0 radical (unpaired) electrons. The van der Waals surface area contributed by atoms with Crippen LogP contribution < -0.4 is 15.1 Å². The fourth-order valence-electron chi connectivity index (χ4n) is 4.47. The number of hydrogen-bond donors (Lipinski definition) is 2. The van der Waals surface area contributed by atoms with Gasteiger partial charge in [0.15, 0.2) is 5.13 Å². The molecule has 0 saturated carbocycles. The number of aliphatic hydroxyl groups is 1. The number of piperidine rings is 1. The van der Waals surface area contributed by atoms with E-state index in [1.165, 1.54) is 11.3 Å². The Hall–Kier alpha value is -3.31. The second kappa shape index (κ2) is 10.1. The number of esters is 1. The maximum Gasteiger partial charge on any atom is 0.350 e. The topological polar surface area (TPSA) is 117 Å². The Bertz CT molecular complexity index is 1200. The molecule has 10 nitrogen and oxygen atoms in total. The van der Waals surface area contributed by atoms with E-state index in [0.717, 1.165) is 48.9 Å². The number of nitrogens with one attached hydrogen (secondary N) is 1. The molecule has 0 aromatic carbocycles. The van der Waals surface area contributed by atoms with Gasteiger partial charge in [0, 0.05) is 31.4 Å². The molecule has 35 heavy (non-hydrogen) atoms. The van der Waals surface area contributed by atoms with E-state index in [0.29, 0.717) is 47.6 Å². The lowest BCUT2D eigenvalue weighted by Gasteiger charge is -2.32. The highest BCUT2D eigenvalue weighted by Gasteiger charge is 2.30. The summed E-state index contributed by atoms with van der Waals surface area (Å²) in [5.74, 6) is 1.83. The summed E-state index contributed by atoms with van der Waals surface area (Å²) in [6.07, 6.45) is 3.82. The number of rotatable bonds is 7. The summed E-state index contributed by atoms with van der Waals surface area (Å²) in [5, 5.41) is 13.8. The molecule has 3 aromatic rings. The number of nitrogens with zero attached hydrogens (tertiary/aromatic N) is 6. The van der Waals surface area contributed by atoms with Crippen LogP contribution in [0.4, 0.5) is 22.7 Å². The van der Waals surface area contributed by atoms with Crippen molar-refractivity contribution < 1.29 is 14.6 Å². The zero-order chi connectivity index (χ0) is 24.4. The third-order valence-corrected chi connectivity index (χ3v) is 7.27. The largest absolute Gasteiger partial charge is 0.462 e. The number of thiazole rings is 1. The summed E-state index contributed by atoms with van der Waals surface area (Å²) < 4.78 is 5.14. The van der Waals surface area contributed by atoms with E-state index in [2.05, 4.69) is 25.1 Å². The average Bonchev–Trinajstić information content (AvgIpc) is 3.43. The van der Waals surface area contributed by atoms with E-state index in [-0.39, 0.29) is 12.1 Å². The molecule has 2 aliphatic heterocycles. The highest BCUT2D eigenvalue weighted by atomic mass is 32.1. The van der Waals surface area contributed by atoms with Crippen LogP contribution >= 0.6 is 11.3 Å². The van der Waals surface area contributed by atoms with Crippen LogP contribution in [0.25, 0.3) is 0 Å². The van der Waals surface area contributed by atoms with Crippen molar-refractivity contribution in [3.63, 3.8) is 0 Å². The molecule has 2 aliphatic rings. The summed E-state index contributed by atoms with van der Waals surface area (Å²) in [6, 6.07) is 5.91. The molecule has 0 aliphatic carbocycles. The predicted molar refractivity (Wildman–Crippen MR) is 135 cm³/mol. The first kappa shape index (κ1) is 23.4. The molecule has 0 amide bonds. The van der Waals surface area contributed by atoms with Gasteiger partial charge in [-0.25, -0.2) is 9.78 Å². The smallest absolute Gasteiger partial charge is 0.350 e. The minimum Gasteiger partial charge on any atom is -0.462 e. The molecule has 0 bridgehead atoms. The number of ether oxygens (including phenoxy) is 1. The molecule has 11 heteroatoms. The van der Waals surface area contributed by atoms with Crippen LogP contribution in [0, 0.1) is 6.92 Å². The fourth-order valence-corrected chi connectivity index (χ4v) is 5.32. The third-order valence-electron chi connectivity index (χ3n) is 6.21. The van der Waals surface area contributed by atoms with Crippen molar-refractivity contribution in [3.8, 4) is 0 Å². The molecule has 184 valence electrons. The number of carbonyl (C=O) groups is 1. The first-order chi connectivity index (χ1) is 17.0. The third kappa shape index (κ3) is 5.06. The van der Waals surface area contributed by atoms with Gasteiger partial charge in [0.1, 0.15) is 16.5 Å². The number of aliphatic hydroxyl groups excluding tert-OH is 1. The van der Waals surface area contributed by atoms with Gasteiger partial charge in [-0.05, 0) is 45.2 Å². The van der Waals surface area contributed by atoms with E-state index in [1.54, 1.807) is 20.0 Å². The van der Waals surface area contributed by atoms with Gasteiger partial charge in [-0.15, -0.1) is 0 Å². The lowest BCUT2D eigenvalue weighted by atomic mass is 10.1. The predicted octanol–water partition coefficient (Wildman–Crippen LogP) is 3.08. The van der Waals surface area contributed by atoms with Gasteiger partial charge >= 0.3 is 5.97 Å². The number of hydrogen-bond acceptors (Lipinski definition) is 11. The number of anilines is 4. The Morgan fingerprint density at radius 1 is 1.20 bits per heavy atom. The summed E-state index contributed by atoms with van der Waals surface area (Å²) >= 11 is 1.23. The van der Waals surface area contributed by atoms with E-state index < -0.39 is 0 Å². The molecule has 5 heterocycles. The van der Waals surface area contributed by atoms with Crippen LogP contribution in [-0.2, 0) is 17.7 Å². The number of fused-ring (bicyclic) bond motifs is 1. The second-order valence-electron chi connectivity index (χ2n) is 8.66. The Morgan fingerprint density at radius 3 is 2.74 bits per heavy atom. The number of aryl methyl sites for hydroxylation is 1. The van der Waals surface area contributed by atoms with Gasteiger partial charge in [0.2, 0.25) is 5.95 Å². The Kier molecular flexibility index (Phi) is 6.78. The van der Waals surface area contributed by atoms with Gasteiger partial charge in [-0.2, -0.15) is 9.97 Å². The van der Waals surface area contributed by atoms with Crippen molar-refractivity contribution in [2.24, 2.45) is 0 Å². The van der Waals surface area contributed by atoms with Gasteiger partial charge in [0.05, 0.1) is 30.6 Å². The molecule has 2 N–H and O–H groups in total. The van der Waals surface area contributed by atoms with Crippen LogP contribution in [0.1, 0.15) is 46.4 Å². The Balaban J connectivity index is 1.47. The normalized spacial score (nSPS) is 15.9. The zero-order valence-electron chi connectivity index (χ0n) is 19.9. The molecular formula is C24H29N7O3S. The van der Waals surface area contributed by atoms with Crippen molar-refractivity contribution in [1.82, 2.24) is 19.9 Å². The van der Waals surface area contributed by atoms with Gasteiger partial charge in [-0.1, -0.05) is 17.4 Å². The standard InChI is InChI=1S/C24H29N7O3S/c1-3-34-22(33)19-15(2)26-24(35-19)29-23-27-20(30-11-7-17(32)8-12-30)18-9-13-31(21(18)28-23)14-16-6-4-5-10-25-16/h4-6,10,17,32H,3,7-9,11-14H2,1-2H3,(H,26,27,28,29). The van der Waals surface area contributed by atoms with E-state index in [4.69, 9.17) is 14.7 Å². The molecule has 5 rings (SSSR count). The maximum atomic E-state index is 12.2.